The Labute approximate surface area is 110 Å². The monoisotopic (exact) mass is 274 g/mol. The Morgan fingerprint density at radius 3 is 2.47 bits per heavy atom. The van der Waals surface area contributed by atoms with Gasteiger partial charge in [0.15, 0.2) is 0 Å². The molecule has 1 atom stereocenters. The zero-order valence-electron chi connectivity index (χ0n) is 10.7. The highest BCUT2D eigenvalue weighted by molar-refractivity contribution is 5.19. The van der Waals surface area contributed by atoms with Crippen molar-refractivity contribution in [3.8, 4) is 0 Å². The largest absolute Gasteiger partial charge is 0.417 e. The molecule has 1 N–H and O–H groups in total. The van der Waals surface area contributed by atoms with Crippen LogP contribution in [0, 0.1) is 5.92 Å². The summed E-state index contributed by atoms with van der Waals surface area (Å²) in [6.45, 7) is 1.40. The second kappa shape index (κ2) is 5.88. The Morgan fingerprint density at radius 2 is 2.00 bits per heavy atom. The summed E-state index contributed by atoms with van der Waals surface area (Å²) in [7, 11) is 1.81. The fourth-order valence-corrected chi connectivity index (χ4v) is 2.43. The zero-order chi connectivity index (χ0) is 13.9. The van der Waals surface area contributed by atoms with E-state index in [9.17, 15) is 13.2 Å². The predicted octanol–water partition coefficient (Wildman–Crippen LogP) is 2.79. The Hall–Kier alpha value is -1.14. The molecule has 1 fully saturated rings. The van der Waals surface area contributed by atoms with E-state index in [0.717, 1.165) is 25.1 Å². The van der Waals surface area contributed by atoms with Gasteiger partial charge < -0.3 is 10.1 Å². The van der Waals surface area contributed by atoms with E-state index in [2.05, 4.69) is 10.3 Å². The minimum absolute atomic E-state index is 0.0221. The van der Waals surface area contributed by atoms with Crippen molar-refractivity contribution in [3.05, 3.63) is 29.6 Å². The summed E-state index contributed by atoms with van der Waals surface area (Å²) < 4.78 is 42.8. The smallest absolute Gasteiger partial charge is 0.381 e. The van der Waals surface area contributed by atoms with Gasteiger partial charge in [0.05, 0.1) is 17.3 Å². The third-order valence-electron chi connectivity index (χ3n) is 3.48. The SMILES string of the molecule is CNC(c1ccc(C(F)(F)F)cn1)C1CCOCC1. The molecule has 3 nitrogen and oxygen atoms in total. The highest BCUT2D eigenvalue weighted by atomic mass is 19.4. The lowest BCUT2D eigenvalue weighted by Gasteiger charge is -2.29. The molecular weight excluding hydrogens is 257 g/mol. The fraction of sp³-hybridized carbons (Fsp3) is 0.615. The number of halogens is 3. The fourth-order valence-electron chi connectivity index (χ4n) is 2.43. The van der Waals surface area contributed by atoms with Gasteiger partial charge >= 0.3 is 6.18 Å². The Balaban J connectivity index is 2.14. The van der Waals surface area contributed by atoms with Crippen LogP contribution in [-0.4, -0.2) is 25.2 Å². The third kappa shape index (κ3) is 3.45. The van der Waals surface area contributed by atoms with Crippen molar-refractivity contribution in [1.29, 1.82) is 0 Å². The summed E-state index contributed by atoms with van der Waals surface area (Å²) in [5.74, 6) is 0.350. The van der Waals surface area contributed by atoms with Crippen LogP contribution in [0.15, 0.2) is 18.3 Å². The maximum Gasteiger partial charge on any atom is 0.417 e. The van der Waals surface area contributed by atoms with E-state index < -0.39 is 11.7 Å². The van der Waals surface area contributed by atoms with Crippen LogP contribution in [0.2, 0.25) is 0 Å². The molecule has 1 saturated heterocycles. The van der Waals surface area contributed by atoms with Crippen molar-refractivity contribution in [3.63, 3.8) is 0 Å². The van der Waals surface area contributed by atoms with E-state index in [4.69, 9.17) is 4.74 Å². The first-order valence-electron chi connectivity index (χ1n) is 6.30. The second-order valence-electron chi connectivity index (χ2n) is 4.69. The molecule has 0 aliphatic carbocycles. The van der Waals surface area contributed by atoms with E-state index in [1.807, 2.05) is 0 Å². The normalized spacial score (nSPS) is 19.4. The minimum Gasteiger partial charge on any atom is -0.381 e. The summed E-state index contributed by atoms with van der Waals surface area (Å²) in [4.78, 5) is 3.97. The van der Waals surface area contributed by atoms with Crippen LogP contribution < -0.4 is 5.32 Å². The lowest BCUT2D eigenvalue weighted by atomic mass is 9.89. The molecule has 0 aromatic carbocycles. The maximum atomic E-state index is 12.5. The van der Waals surface area contributed by atoms with Crippen LogP contribution in [0.5, 0.6) is 0 Å². The van der Waals surface area contributed by atoms with Crippen molar-refractivity contribution in [2.75, 3.05) is 20.3 Å². The summed E-state index contributed by atoms with van der Waals surface area (Å²) in [6.07, 6.45) is -1.64. The standard InChI is InChI=1S/C13H17F3N2O/c1-17-12(9-4-6-19-7-5-9)11-3-2-10(8-18-11)13(14,15)16/h2-3,8-9,12,17H,4-7H2,1H3. The number of pyridine rings is 1. The molecule has 6 heteroatoms. The average molecular weight is 274 g/mol. The molecule has 1 aromatic heterocycles. The van der Waals surface area contributed by atoms with Crippen LogP contribution in [0.4, 0.5) is 13.2 Å². The molecule has 2 heterocycles. The molecule has 2 rings (SSSR count). The van der Waals surface area contributed by atoms with Crippen LogP contribution >= 0.6 is 0 Å². The predicted molar refractivity (Wildman–Crippen MR) is 64.6 cm³/mol. The van der Waals surface area contributed by atoms with Gasteiger partial charge in [-0.1, -0.05) is 0 Å². The molecule has 0 spiro atoms. The highest BCUT2D eigenvalue weighted by Gasteiger charge is 2.31. The lowest BCUT2D eigenvalue weighted by Crippen LogP contribution is -2.30. The molecule has 0 amide bonds. The van der Waals surface area contributed by atoms with Crippen LogP contribution in [0.25, 0.3) is 0 Å². The van der Waals surface area contributed by atoms with Gasteiger partial charge in [-0.05, 0) is 37.9 Å². The van der Waals surface area contributed by atoms with Crippen molar-refractivity contribution >= 4 is 0 Å². The van der Waals surface area contributed by atoms with Crippen molar-refractivity contribution < 1.29 is 17.9 Å². The first-order valence-corrected chi connectivity index (χ1v) is 6.30. The summed E-state index contributed by atoms with van der Waals surface area (Å²) in [5, 5.41) is 3.15. The number of alkyl halides is 3. The number of aromatic nitrogens is 1. The van der Waals surface area contributed by atoms with Gasteiger partial charge in [-0.15, -0.1) is 0 Å². The van der Waals surface area contributed by atoms with E-state index in [1.165, 1.54) is 6.07 Å². The molecular formula is C13H17F3N2O. The molecule has 0 bridgehead atoms. The number of hydrogen-bond donors (Lipinski definition) is 1. The van der Waals surface area contributed by atoms with Crippen molar-refractivity contribution in [2.45, 2.75) is 25.1 Å². The molecule has 0 saturated carbocycles. The molecule has 1 aliphatic heterocycles. The van der Waals surface area contributed by atoms with Gasteiger partial charge in [0, 0.05) is 19.4 Å². The Kier molecular flexibility index (Phi) is 4.42. The van der Waals surface area contributed by atoms with Gasteiger partial charge in [-0.3, -0.25) is 4.98 Å². The molecule has 106 valence electrons. The van der Waals surface area contributed by atoms with Gasteiger partial charge in [0.1, 0.15) is 0 Å². The number of ether oxygens (including phenoxy) is 1. The van der Waals surface area contributed by atoms with E-state index >= 15 is 0 Å². The number of nitrogens with one attached hydrogen (secondary N) is 1. The van der Waals surface area contributed by atoms with Gasteiger partial charge in [-0.2, -0.15) is 13.2 Å². The highest BCUT2D eigenvalue weighted by Crippen LogP contribution is 2.32. The van der Waals surface area contributed by atoms with E-state index in [0.29, 0.717) is 24.8 Å². The molecule has 19 heavy (non-hydrogen) atoms. The topological polar surface area (TPSA) is 34.2 Å². The molecule has 1 aromatic rings. The number of hydrogen-bond acceptors (Lipinski definition) is 3. The average Bonchev–Trinajstić information content (AvgIpc) is 2.40. The number of rotatable bonds is 3. The maximum absolute atomic E-state index is 12.5. The van der Waals surface area contributed by atoms with Crippen LogP contribution in [-0.2, 0) is 10.9 Å². The molecule has 1 unspecified atom stereocenters. The van der Waals surface area contributed by atoms with Gasteiger partial charge in [0.2, 0.25) is 0 Å². The summed E-state index contributed by atoms with van der Waals surface area (Å²) >= 11 is 0. The van der Waals surface area contributed by atoms with Crippen molar-refractivity contribution in [1.82, 2.24) is 10.3 Å². The second-order valence-corrected chi connectivity index (χ2v) is 4.69. The molecule has 0 radical (unpaired) electrons. The molecule has 1 aliphatic rings. The van der Waals surface area contributed by atoms with Gasteiger partial charge in [-0.25, -0.2) is 0 Å². The summed E-state index contributed by atoms with van der Waals surface area (Å²) in [6, 6.07) is 2.53. The number of nitrogens with zero attached hydrogens (tertiary/aromatic N) is 1. The Bertz CT molecular complexity index is 399. The van der Waals surface area contributed by atoms with Crippen LogP contribution in [0.3, 0.4) is 0 Å². The van der Waals surface area contributed by atoms with Gasteiger partial charge in [0.25, 0.3) is 0 Å². The van der Waals surface area contributed by atoms with Crippen LogP contribution in [0.1, 0.15) is 30.1 Å². The third-order valence-corrected chi connectivity index (χ3v) is 3.48. The zero-order valence-corrected chi connectivity index (χ0v) is 10.7. The minimum atomic E-state index is -4.33. The quantitative estimate of drug-likeness (QED) is 0.920. The summed E-state index contributed by atoms with van der Waals surface area (Å²) in [5.41, 5.74) is -0.0551. The van der Waals surface area contributed by atoms with Crippen molar-refractivity contribution in [2.24, 2.45) is 5.92 Å². The lowest BCUT2D eigenvalue weighted by molar-refractivity contribution is -0.137. The van der Waals surface area contributed by atoms with E-state index in [-0.39, 0.29) is 6.04 Å². The first-order chi connectivity index (χ1) is 9.02. The van der Waals surface area contributed by atoms with E-state index in [1.54, 1.807) is 7.05 Å². The Morgan fingerprint density at radius 1 is 1.32 bits per heavy atom. The first kappa shape index (κ1) is 14.3.